The number of ether oxygens (including phenoxy) is 1. The van der Waals surface area contributed by atoms with E-state index in [-0.39, 0.29) is 5.57 Å². The van der Waals surface area contributed by atoms with Gasteiger partial charge in [-0.15, -0.1) is 0 Å². The highest BCUT2D eigenvalue weighted by atomic mass is 35.5. The van der Waals surface area contributed by atoms with Crippen molar-refractivity contribution in [3.8, 4) is 5.75 Å². The van der Waals surface area contributed by atoms with Crippen molar-refractivity contribution in [1.82, 2.24) is 5.32 Å². The zero-order valence-electron chi connectivity index (χ0n) is 17.1. The molecule has 3 rings (SSSR count). The van der Waals surface area contributed by atoms with Gasteiger partial charge >= 0.3 is 6.03 Å². The zero-order chi connectivity index (χ0) is 21.8. The molecular weight excluding hydrogens is 404 g/mol. The number of imide groups is 2. The summed E-state index contributed by atoms with van der Waals surface area (Å²) in [5.74, 6) is -0.952. The minimum atomic E-state index is -0.782. The summed E-state index contributed by atoms with van der Waals surface area (Å²) in [4.78, 5) is 38.9. The molecular formula is C23H23ClN2O4. The highest BCUT2D eigenvalue weighted by Crippen LogP contribution is 2.28. The number of hydrogen-bond donors (Lipinski definition) is 1. The number of carbonyl (C=O) groups is 3. The second kappa shape index (κ2) is 9.13. The molecule has 1 heterocycles. The third-order valence-corrected chi connectivity index (χ3v) is 5.11. The van der Waals surface area contributed by atoms with Crippen LogP contribution in [0.4, 0.5) is 10.5 Å². The summed E-state index contributed by atoms with van der Waals surface area (Å²) in [5.41, 5.74) is 2.67. The summed E-state index contributed by atoms with van der Waals surface area (Å²) < 4.78 is 5.78. The highest BCUT2D eigenvalue weighted by molar-refractivity contribution is 6.39. The Balaban J connectivity index is 2.00. The van der Waals surface area contributed by atoms with Gasteiger partial charge in [-0.2, -0.15) is 0 Å². The molecule has 1 saturated heterocycles. The third kappa shape index (κ3) is 4.54. The van der Waals surface area contributed by atoms with Gasteiger partial charge < -0.3 is 4.74 Å². The number of amides is 4. The first-order valence-corrected chi connectivity index (χ1v) is 10.1. The molecule has 2 aromatic rings. The second-order valence-corrected chi connectivity index (χ2v) is 7.55. The Labute approximate surface area is 180 Å². The summed E-state index contributed by atoms with van der Waals surface area (Å²) in [6, 6.07) is 9.44. The molecule has 0 spiro atoms. The molecule has 0 bridgehead atoms. The Morgan fingerprint density at radius 3 is 2.53 bits per heavy atom. The average molecular weight is 427 g/mol. The van der Waals surface area contributed by atoms with Crippen molar-refractivity contribution < 1.29 is 19.1 Å². The molecule has 2 aromatic carbocycles. The van der Waals surface area contributed by atoms with Crippen molar-refractivity contribution in [2.45, 2.75) is 33.6 Å². The van der Waals surface area contributed by atoms with E-state index in [0.717, 1.165) is 28.9 Å². The van der Waals surface area contributed by atoms with E-state index in [9.17, 15) is 14.4 Å². The van der Waals surface area contributed by atoms with Crippen LogP contribution >= 0.6 is 11.6 Å². The number of unbranched alkanes of at least 4 members (excludes halogenated alkanes) is 1. The van der Waals surface area contributed by atoms with Crippen LogP contribution < -0.4 is 15.0 Å². The molecule has 0 unspecified atom stereocenters. The predicted molar refractivity (Wildman–Crippen MR) is 117 cm³/mol. The summed E-state index contributed by atoms with van der Waals surface area (Å²) in [6.45, 7) is 6.38. The number of aryl methyl sites for hydroxylation is 2. The minimum absolute atomic E-state index is 0.171. The normalized spacial score (nSPS) is 15.5. The van der Waals surface area contributed by atoms with E-state index >= 15 is 0 Å². The SMILES string of the molecule is CCCCOc1ccc(Cl)cc1/C=C1/C(=O)NC(=O)N(c2ccc(C)c(C)c2)C1=O. The van der Waals surface area contributed by atoms with E-state index in [4.69, 9.17) is 16.3 Å². The fourth-order valence-electron chi connectivity index (χ4n) is 3.00. The maximum absolute atomic E-state index is 13.1. The number of carbonyl (C=O) groups excluding carboxylic acids is 3. The molecule has 156 valence electrons. The van der Waals surface area contributed by atoms with Crippen LogP contribution in [0.2, 0.25) is 5.02 Å². The molecule has 1 fully saturated rings. The number of benzene rings is 2. The molecule has 0 saturated carbocycles. The van der Waals surface area contributed by atoms with Crippen LogP contribution in [0.25, 0.3) is 6.08 Å². The molecule has 1 N–H and O–H groups in total. The lowest BCUT2D eigenvalue weighted by Gasteiger charge is -2.27. The highest BCUT2D eigenvalue weighted by Gasteiger charge is 2.37. The third-order valence-electron chi connectivity index (χ3n) is 4.88. The van der Waals surface area contributed by atoms with Crippen molar-refractivity contribution >= 4 is 41.2 Å². The molecule has 1 aliphatic heterocycles. The van der Waals surface area contributed by atoms with E-state index in [1.54, 1.807) is 30.3 Å². The van der Waals surface area contributed by atoms with Gasteiger partial charge in [0.05, 0.1) is 12.3 Å². The molecule has 0 atom stereocenters. The van der Waals surface area contributed by atoms with Crippen LogP contribution in [-0.4, -0.2) is 24.5 Å². The first-order valence-electron chi connectivity index (χ1n) is 9.73. The van der Waals surface area contributed by atoms with Gasteiger partial charge in [0.25, 0.3) is 11.8 Å². The van der Waals surface area contributed by atoms with Gasteiger partial charge in [0.15, 0.2) is 0 Å². The monoisotopic (exact) mass is 426 g/mol. The van der Waals surface area contributed by atoms with Gasteiger partial charge in [0.2, 0.25) is 0 Å². The predicted octanol–water partition coefficient (Wildman–Crippen LogP) is 4.80. The molecule has 30 heavy (non-hydrogen) atoms. The van der Waals surface area contributed by atoms with E-state index in [2.05, 4.69) is 12.2 Å². The summed E-state index contributed by atoms with van der Waals surface area (Å²) in [5, 5.41) is 2.67. The molecule has 6 nitrogen and oxygen atoms in total. The van der Waals surface area contributed by atoms with Crippen LogP contribution in [0.3, 0.4) is 0 Å². The number of hydrogen-bond acceptors (Lipinski definition) is 4. The molecule has 0 radical (unpaired) electrons. The Morgan fingerprint density at radius 2 is 1.83 bits per heavy atom. The van der Waals surface area contributed by atoms with Gasteiger partial charge in [-0.05, 0) is 67.8 Å². The number of barbiturate groups is 1. The van der Waals surface area contributed by atoms with E-state index in [1.807, 2.05) is 19.9 Å². The maximum atomic E-state index is 13.1. The number of nitrogens with zero attached hydrogens (tertiary/aromatic N) is 1. The van der Waals surface area contributed by atoms with Crippen LogP contribution in [0, 0.1) is 13.8 Å². The zero-order valence-corrected chi connectivity index (χ0v) is 17.9. The quantitative estimate of drug-likeness (QED) is 0.409. The lowest BCUT2D eigenvalue weighted by atomic mass is 10.0. The first-order chi connectivity index (χ1) is 14.3. The van der Waals surface area contributed by atoms with E-state index in [0.29, 0.717) is 28.6 Å². The standard InChI is InChI=1S/C23H23ClN2O4/c1-4-5-10-30-20-9-7-17(24)12-16(20)13-19-21(27)25-23(29)26(22(19)28)18-8-6-14(2)15(3)11-18/h6-9,11-13H,4-5,10H2,1-3H3,(H,25,27,29)/b19-13-. The van der Waals surface area contributed by atoms with Gasteiger partial charge in [-0.3, -0.25) is 14.9 Å². The van der Waals surface area contributed by atoms with Gasteiger partial charge in [-0.25, -0.2) is 9.69 Å². The average Bonchev–Trinajstić information content (AvgIpc) is 2.69. The van der Waals surface area contributed by atoms with Crippen molar-refractivity contribution in [2.75, 3.05) is 11.5 Å². The number of anilines is 1. The molecule has 0 aromatic heterocycles. The van der Waals surface area contributed by atoms with Crippen LogP contribution in [0.15, 0.2) is 42.0 Å². The number of rotatable bonds is 6. The molecule has 1 aliphatic rings. The Hall–Kier alpha value is -3.12. The van der Waals surface area contributed by atoms with E-state index < -0.39 is 17.8 Å². The number of halogens is 1. The number of urea groups is 1. The van der Waals surface area contributed by atoms with E-state index in [1.165, 1.54) is 6.08 Å². The summed E-state index contributed by atoms with van der Waals surface area (Å²) >= 11 is 6.11. The van der Waals surface area contributed by atoms with Crippen molar-refractivity contribution in [1.29, 1.82) is 0 Å². The van der Waals surface area contributed by atoms with Crippen LogP contribution in [0.1, 0.15) is 36.5 Å². The van der Waals surface area contributed by atoms with Crippen LogP contribution in [0.5, 0.6) is 5.75 Å². The molecule has 0 aliphatic carbocycles. The Kier molecular flexibility index (Phi) is 6.57. The smallest absolute Gasteiger partial charge is 0.335 e. The van der Waals surface area contributed by atoms with Gasteiger partial charge in [0, 0.05) is 10.6 Å². The molecule has 4 amide bonds. The summed E-state index contributed by atoms with van der Waals surface area (Å²) in [7, 11) is 0. The van der Waals surface area contributed by atoms with Gasteiger partial charge in [-0.1, -0.05) is 31.0 Å². The Bertz CT molecular complexity index is 1050. The first kappa shape index (κ1) is 21.6. The van der Waals surface area contributed by atoms with Crippen molar-refractivity contribution in [3.05, 3.63) is 63.7 Å². The van der Waals surface area contributed by atoms with Crippen LogP contribution in [-0.2, 0) is 9.59 Å². The lowest BCUT2D eigenvalue weighted by molar-refractivity contribution is -0.122. The maximum Gasteiger partial charge on any atom is 0.335 e. The van der Waals surface area contributed by atoms with Crippen molar-refractivity contribution in [2.24, 2.45) is 0 Å². The Morgan fingerprint density at radius 1 is 1.07 bits per heavy atom. The topological polar surface area (TPSA) is 75.7 Å². The van der Waals surface area contributed by atoms with Crippen molar-refractivity contribution in [3.63, 3.8) is 0 Å². The van der Waals surface area contributed by atoms with Gasteiger partial charge in [0.1, 0.15) is 11.3 Å². The molecule has 7 heteroatoms. The number of nitrogens with one attached hydrogen (secondary N) is 1. The summed E-state index contributed by atoms with van der Waals surface area (Å²) in [6.07, 6.45) is 3.25. The fraction of sp³-hybridized carbons (Fsp3) is 0.261. The minimum Gasteiger partial charge on any atom is -0.493 e. The largest absolute Gasteiger partial charge is 0.493 e. The fourth-order valence-corrected chi connectivity index (χ4v) is 3.18. The lowest BCUT2D eigenvalue weighted by Crippen LogP contribution is -2.54. The second-order valence-electron chi connectivity index (χ2n) is 7.11.